The highest BCUT2D eigenvalue weighted by atomic mass is 35.5. The smallest absolute Gasteiger partial charge is 0.237 e. The third-order valence-electron chi connectivity index (χ3n) is 2.82. The van der Waals surface area contributed by atoms with Gasteiger partial charge in [-0.15, -0.1) is 11.8 Å². The molecule has 1 N–H and O–H groups in total. The molecule has 0 aliphatic rings. The number of hydrogen-bond acceptors (Lipinski definition) is 2. The Hall–Kier alpha value is -1.45. The Morgan fingerprint density at radius 1 is 1.15 bits per heavy atom. The van der Waals surface area contributed by atoms with Crippen molar-refractivity contribution >= 4 is 35.0 Å². The molecule has 0 bridgehead atoms. The number of rotatable bonds is 5. The van der Waals surface area contributed by atoms with E-state index in [9.17, 15) is 4.79 Å². The van der Waals surface area contributed by atoms with Crippen LogP contribution in [0.4, 0.5) is 5.69 Å². The van der Waals surface area contributed by atoms with Crippen LogP contribution in [-0.2, 0) is 10.5 Å². The van der Waals surface area contributed by atoms with Crippen molar-refractivity contribution in [3.8, 4) is 0 Å². The predicted molar refractivity (Wildman–Crippen MR) is 87.3 cm³/mol. The third kappa shape index (κ3) is 4.58. The monoisotopic (exact) mass is 305 g/mol. The highest BCUT2D eigenvalue weighted by molar-refractivity contribution is 7.99. The highest BCUT2D eigenvalue weighted by Gasteiger charge is 2.13. The van der Waals surface area contributed by atoms with Gasteiger partial charge in [-0.3, -0.25) is 4.79 Å². The zero-order valence-electron chi connectivity index (χ0n) is 11.2. The molecule has 1 amide bonds. The molecule has 0 heterocycles. The average molecular weight is 306 g/mol. The van der Waals surface area contributed by atoms with E-state index in [1.54, 1.807) is 36.0 Å². The number of amides is 1. The van der Waals surface area contributed by atoms with Gasteiger partial charge in [0, 0.05) is 16.5 Å². The summed E-state index contributed by atoms with van der Waals surface area (Å²) in [6.45, 7) is 1.92. The molecule has 104 valence electrons. The van der Waals surface area contributed by atoms with Crippen molar-refractivity contribution in [2.24, 2.45) is 0 Å². The first-order valence-corrected chi connectivity index (χ1v) is 7.80. The Morgan fingerprint density at radius 2 is 1.80 bits per heavy atom. The summed E-state index contributed by atoms with van der Waals surface area (Å²) in [6.07, 6.45) is 0. The van der Waals surface area contributed by atoms with Gasteiger partial charge in [0.05, 0.1) is 5.25 Å². The fourth-order valence-electron chi connectivity index (χ4n) is 1.65. The van der Waals surface area contributed by atoms with Gasteiger partial charge in [-0.2, -0.15) is 0 Å². The molecule has 0 radical (unpaired) electrons. The largest absolute Gasteiger partial charge is 0.325 e. The van der Waals surface area contributed by atoms with Gasteiger partial charge >= 0.3 is 0 Å². The molecule has 2 aromatic rings. The summed E-state index contributed by atoms with van der Waals surface area (Å²) in [5.74, 6) is 0.837. The van der Waals surface area contributed by atoms with Gasteiger partial charge in [0.1, 0.15) is 0 Å². The molecule has 0 spiro atoms. The second-order valence-electron chi connectivity index (χ2n) is 4.43. The number of halogens is 1. The summed E-state index contributed by atoms with van der Waals surface area (Å²) in [6, 6.07) is 17.3. The van der Waals surface area contributed by atoms with Gasteiger partial charge < -0.3 is 5.32 Å². The minimum Gasteiger partial charge on any atom is -0.325 e. The van der Waals surface area contributed by atoms with Crippen LogP contribution in [0, 0.1) is 0 Å². The molecule has 0 aromatic heterocycles. The maximum atomic E-state index is 12.1. The van der Waals surface area contributed by atoms with Crippen LogP contribution in [0.15, 0.2) is 54.6 Å². The van der Waals surface area contributed by atoms with Crippen LogP contribution < -0.4 is 5.32 Å². The van der Waals surface area contributed by atoms with Crippen LogP contribution in [0.3, 0.4) is 0 Å². The first-order chi connectivity index (χ1) is 9.65. The van der Waals surface area contributed by atoms with Crippen LogP contribution in [0.1, 0.15) is 12.5 Å². The topological polar surface area (TPSA) is 29.1 Å². The molecule has 0 saturated heterocycles. The van der Waals surface area contributed by atoms with Crippen molar-refractivity contribution in [3.05, 3.63) is 65.2 Å². The lowest BCUT2D eigenvalue weighted by Gasteiger charge is -2.12. The van der Waals surface area contributed by atoms with E-state index in [0.717, 1.165) is 11.4 Å². The molecular formula is C16H16ClNOS. The lowest BCUT2D eigenvalue weighted by Crippen LogP contribution is -2.22. The highest BCUT2D eigenvalue weighted by Crippen LogP contribution is 2.20. The van der Waals surface area contributed by atoms with E-state index in [4.69, 9.17) is 11.6 Å². The molecule has 0 fully saturated rings. The molecule has 20 heavy (non-hydrogen) atoms. The summed E-state index contributed by atoms with van der Waals surface area (Å²) in [5.41, 5.74) is 2.00. The second-order valence-corrected chi connectivity index (χ2v) is 6.20. The summed E-state index contributed by atoms with van der Waals surface area (Å²) < 4.78 is 0. The SMILES string of the molecule is CC(SCc1ccccc1)C(=O)Nc1ccc(Cl)cc1. The number of nitrogens with one attached hydrogen (secondary N) is 1. The van der Waals surface area contributed by atoms with Crippen molar-refractivity contribution in [3.63, 3.8) is 0 Å². The van der Waals surface area contributed by atoms with Crippen molar-refractivity contribution in [1.82, 2.24) is 0 Å². The number of carbonyl (C=O) groups excluding carboxylic acids is 1. The van der Waals surface area contributed by atoms with Crippen LogP contribution in [0.25, 0.3) is 0 Å². The van der Waals surface area contributed by atoms with Crippen LogP contribution in [-0.4, -0.2) is 11.2 Å². The van der Waals surface area contributed by atoms with Gasteiger partial charge in [-0.05, 0) is 36.8 Å². The van der Waals surface area contributed by atoms with E-state index in [1.807, 2.05) is 25.1 Å². The normalized spacial score (nSPS) is 11.9. The second kappa shape index (κ2) is 7.36. The number of benzene rings is 2. The lowest BCUT2D eigenvalue weighted by molar-refractivity contribution is -0.115. The van der Waals surface area contributed by atoms with E-state index in [1.165, 1.54) is 5.56 Å². The standard InChI is InChI=1S/C16H16ClNOS/c1-12(20-11-13-5-3-2-4-6-13)16(19)18-15-9-7-14(17)8-10-15/h2-10,12H,11H2,1H3,(H,18,19). The minimum absolute atomic E-state index is 0.00764. The summed E-state index contributed by atoms with van der Waals surface area (Å²) in [5, 5.41) is 3.44. The molecule has 0 aliphatic heterocycles. The van der Waals surface area contributed by atoms with Gasteiger partial charge in [0.2, 0.25) is 5.91 Å². The molecule has 0 saturated carbocycles. The van der Waals surface area contributed by atoms with Gasteiger partial charge in [0.25, 0.3) is 0 Å². The fourth-order valence-corrected chi connectivity index (χ4v) is 2.62. The maximum Gasteiger partial charge on any atom is 0.237 e. The van der Waals surface area contributed by atoms with E-state index in [-0.39, 0.29) is 11.2 Å². The molecular weight excluding hydrogens is 290 g/mol. The number of thioether (sulfide) groups is 1. The fraction of sp³-hybridized carbons (Fsp3) is 0.188. The zero-order chi connectivity index (χ0) is 14.4. The van der Waals surface area contributed by atoms with Crippen molar-refractivity contribution in [2.75, 3.05) is 5.32 Å². The van der Waals surface area contributed by atoms with Gasteiger partial charge in [-0.1, -0.05) is 41.9 Å². The predicted octanol–water partition coefficient (Wildman–Crippen LogP) is 4.60. The van der Waals surface area contributed by atoms with Gasteiger partial charge in [0.15, 0.2) is 0 Å². The number of hydrogen-bond donors (Lipinski definition) is 1. The Labute approximate surface area is 128 Å². The van der Waals surface area contributed by atoms with Crippen molar-refractivity contribution in [2.45, 2.75) is 17.9 Å². The summed E-state index contributed by atoms with van der Waals surface area (Å²) >= 11 is 7.43. The lowest BCUT2D eigenvalue weighted by atomic mass is 10.2. The van der Waals surface area contributed by atoms with Crippen LogP contribution in [0.5, 0.6) is 0 Å². The Kier molecular flexibility index (Phi) is 5.50. The molecule has 4 heteroatoms. The summed E-state index contributed by atoms with van der Waals surface area (Å²) in [4.78, 5) is 12.1. The third-order valence-corrected chi connectivity index (χ3v) is 4.29. The quantitative estimate of drug-likeness (QED) is 0.874. The Morgan fingerprint density at radius 3 is 2.45 bits per heavy atom. The van der Waals surface area contributed by atoms with E-state index in [0.29, 0.717) is 5.02 Å². The first-order valence-electron chi connectivity index (χ1n) is 6.37. The average Bonchev–Trinajstić information content (AvgIpc) is 2.48. The Bertz CT molecular complexity index is 556. The van der Waals surface area contributed by atoms with Crippen molar-refractivity contribution < 1.29 is 4.79 Å². The van der Waals surface area contributed by atoms with Crippen LogP contribution >= 0.6 is 23.4 Å². The zero-order valence-corrected chi connectivity index (χ0v) is 12.7. The number of anilines is 1. The number of carbonyl (C=O) groups is 1. The van der Waals surface area contributed by atoms with Crippen molar-refractivity contribution in [1.29, 1.82) is 0 Å². The Balaban J connectivity index is 1.84. The maximum absolute atomic E-state index is 12.1. The van der Waals surface area contributed by atoms with E-state index < -0.39 is 0 Å². The minimum atomic E-state index is -0.106. The first kappa shape index (κ1) is 14.9. The molecule has 1 atom stereocenters. The molecule has 1 unspecified atom stereocenters. The van der Waals surface area contributed by atoms with E-state index >= 15 is 0 Å². The molecule has 0 aliphatic carbocycles. The molecule has 2 rings (SSSR count). The summed E-state index contributed by atoms with van der Waals surface area (Å²) in [7, 11) is 0. The molecule has 2 aromatic carbocycles. The van der Waals surface area contributed by atoms with Gasteiger partial charge in [-0.25, -0.2) is 0 Å². The molecule has 2 nitrogen and oxygen atoms in total. The van der Waals surface area contributed by atoms with Crippen LogP contribution in [0.2, 0.25) is 5.02 Å². The van der Waals surface area contributed by atoms with E-state index in [2.05, 4.69) is 17.4 Å².